The van der Waals surface area contributed by atoms with Crippen LogP contribution >= 0.6 is 43.2 Å². The molecule has 0 saturated carbocycles. The SMILES string of the molecule is Cc1cc(S(=O)(=O)N2CCCCC2CBr)sc1Br. The Kier molecular flexibility index (Phi) is 4.91. The van der Waals surface area contributed by atoms with Gasteiger partial charge in [-0.1, -0.05) is 22.4 Å². The Morgan fingerprint density at radius 2 is 2.22 bits per heavy atom. The summed E-state index contributed by atoms with van der Waals surface area (Å²) < 4.78 is 28.2. The van der Waals surface area contributed by atoms with E-state index in [0.717, 1.165) is 28.6 Å². The highest BCUT2D eigenvalue weighted by Gasteiger charge is 2.34. The molecule has 1 unspecified atom stereocenters. The Balaban J connectivity index is 2.35. The fourth-order valence-electron chi connectivity index (χ4n) is 2.12. The van der Waals surface area contributed by atoms with Gasteiger partial charge in [0.15, 0.2) is 0 Å². The van der Waals surface area contributed by atoms with Gasteiger partial charge in [0.05, 0.1) is 3.79 Å². The predicted octanol–water partition coefficient (Wildman–Crippen LogP) is 3.76. The van der Waals surface area contributed by atoms with E-state index in [9.17, 15) is 8.42 Å². The Hall–Kier alpha value is 0.570. The first-order chi connectivity index (χ1) is 8.46. The highest BCUT2D eigenvalue weighted by atomic mass is 79.9. The molecular weight excluding hydrogens is 402 g/mol. The molecular formula is C11H15Br2NO2S2. The summed E-state index contributed by atoms with van der Waals surface area (Å²) in [4.78, 5) is 0. The van der Waals surface area contributed by atoms with Crippen LogP contribution in [0.1, 0.15) is 24.8 Å². The monoisotopic (exact) mass is 415 g/mol. The Labute approximate surface area is 129 Å². The van der Waals surface area contributed by atoms with Crippen LogP contribution in [0.5, 0.6) is 0 Å². The summed E-state index contributed by atoms with van der Waals surface area (Å²) >= 11 is 8.11. The van der Waals surface area contributed by atoms with Crippen molar-refractivity contribution >= 4 is 53.2 Å². The molecule has 0 radical (unpaired) electrons. The molecule has 102 valence electrons. The van der Waals surface area contributed by atoms with Gasteiger partial charge in [0.25, 0.3) is 10.0 Å². The minimum atomic E-state index is -3.33. The standard InChI is InChI=1S/C11H15Br2NO2S2/c1-8-6-10(17-11(8)13)18(15,16)14-5-3-2-4-9(14)7-12/h6,9H,2-5,7H2,1H3. The van der Waals surface area contributed by atoms with E-state index in [2.05, 4.69) is 31.9 Å². The average molecular weight is 417 g/mol. The van der Waals surface area contributed by atoms with Gasteiger partial charge in [-0.15, -0.1) is 11.3 Å². The number of hydrogen-bond acceptors (Lipinski definition) is 3. The molecule has 1 atom stereocenters. The molecule has 0 aromatic carbocycles. The maximum atomic E-state index is 12.6. The third-order valence-corrected chi connectivity index (χ3v) is 8.43. The van der Waals surface area contributed by atoms with Gasteiger partial charge in [-0.05, 0) is 47.3 Å². The lowest BCUT2D eigenvalue weighted by atomic mass is 10.1. The van der Waals surface area contributed by atoms with Crippen molar-refractivity contribution in [3.05, 3.63) is 15.4 Å². The van der Waals surface area contributed by atoms with Gasteiger partial charge in [0, 0.05) is 17.9 Å². The van der Waals surface area contributed by atoms with Gasteiger partial charge in [0.1, 0.15) is 4.21 Å². The fraction of sp³-hybridized carbons (Fsp3) is 0.636. The third kappa shape index (κ3) is 2.85. The van der Waals surface area contributed by atoms with Crippen LogP contribution in [0.25, 0.3) is 0 Å². The molecule has 2 heterocycles. The molecule has 0 N–H and O–H groups in total. The van der Waals surface area contributed by atoms with E-state index < -0.39 is 10.0 Å². The molecule has 18 heavy (non-hydrogen) atoms. The van der Waals surface area contributed by atoms with Crippen LogP contribution in [0.4, 0.5) is 0 Å². The molecule has 1 aromatic rings. The van der Waals surface area contributed by atoms with Crippen molar-refractivity contribution < 1.29 is 8.42 Å². The number of halogens is 2. The number of hydrogen-bond donors (Lipinski definition) is 0. The zero-order chi connectivity index (χ0) is 13.3. The van der Waals surface area contributed by atoms with Crippen LogP contribution < -0.4 is 0 Å². The number of sulfonamides is 1. The second kappa shape index (κ2) is 5.91. The second-order valence-corrected chi connectivity index (χ2v) is 9.58. The van der Waals surface area contributed by atoms with Crippen LogP contribution in [-0.2, 0) is 10.0 Å². The van der Waals surface area contributed by atoms with Gasteiger partial charge >= 0.3 is 0 Å². The quantitative estimate of drug-likeness (QED) is 0.703. The van der Waals surface area contributed by atoms with E-state index in [1.54, 1.807) is 10.4 Å². The van der Waals surface area contributed by atoms with Gasteiger partial charge < -0.3 is 0 Å². The first kappa shape index (κ1) is 15.0. The average Bonchev–Trinajstić information content (AvgIpc) is 2.70. The van der Waals surface area contributed by atoms with E-state index in [-0.39, 0.29) is 6.04 Å². The number of thiophene rings is 1. The molecule has 0 aliphatic carbocycles. The molecule has 1 aromatic heterocycles. The Bertz CT molecular complexity index is 508. The van der Waals surface area contributed by atoms with Crippen molar-refractivity contribution in [2.24, 2.45) is 0 Å². The normalized spacial score (nSPS) is 22.3. The lowest BCUT2D eigenvalue weighted by Gasteiger charge is -2.33. The summed E-state index contributed by atoms with van der Waals surface area (Å²) in [7, 11) is -3.33. The summed E-state index contributed by atoms with van der Waals surface area (Å²) in [6.45, 7) is 2.55. The molecule has 1 aliphatic heterocycles. The van der Waals surface area contributed by atoms with Gasteiger partial charge in [-0.2, -0.15) is 4.31 Å². The van der Waals surface area contributed by atoms with E-state index >= 15 is 0 Å². The topological polar surface area (TPSA) is 37.4 Å². The van der Waals surface area contributed by atoms with Gasteiger partial charge in [-0.3, -0.25) is 0 Å². The van der Waals surface area contributed by atoms with Crippen molar-refractivity contribution in [1.82, 2.24) is 4.31 Å². The number of piperidine rings is 1. The lowest BCUT2D eigenvalue weighted by Crippen LogP contribution is -2.44. The van der Waals surface area contributed by atoms with Gasteiger partial charge in [0.2, 0.25) is 0 Å². The van der Waals surface area contributed by atoms with Crippen molar-refractivity contribution in [2.45, 2.75) is 36.4 Å². The number of nitrogens with zero attached hydrogens (tertiary/aromatic N) is 1. The van der Waals surface area contributed by atoms with E-state index in [1.807, 2.05) is 6.92 Å². The van der Waals surface area contributed by atoms with Gasteiger partial charge in [-0.25, -0.2) is 8.42 Å². The summed E-state index contributed by atoms with van der Waals surface area (Å²) in [6, 6.07) is 1.84. The predicted molar refractivity (Wildman–Crippen MR) is 82.1 cm³/mol. The zero-order valence-electron chi connectivity index (χ0n) is 10.0. The minimum Gasteiger partial charge on any atom is -0.206 e. The van der Waals surface area contributed by atoms with Crippen molar-refractivity contribution in [3.8, 4) is 0 Å². The van der Waals surface area contributed by atoms with E-state index in [1.165, 1.54) is 11.3 Å². The maximum Gasteiger partial charge on any atom is 0.252 e. The lowest BCUT2D eigenvalue weighted by molar-refractivity contribution is 0.274. The molecule has 0 spiro atoms. The largest absolute Gasteiger partial charge is 0.252 e. The molecule has 1 aliphatic rings. The maximum absolute atomic E-state index is 12.6. The first-order valence-corrected chi connectivity index (χ1v) is 9.97. The number of aryl methyl sites for hydroxylation is 1. The summed E-state index contributed by atoms with van der Waals surface area (Å²) in [5, 5.41) is 0.706. The van der Waals surface area contributed by atoms with Crippen LogP contribution in [-0.4, -0.2) is 30.6 Å². The fourth-order valence-corrected chi connectivity index (χ4v) is 7.03. The molecule has 7 heteroatoms. The summed E-state index contributed by atoms with van der Waals surface area (Å²) in [6.07, 6.45) is 3.00. The number of alkyl halides is 1. The first-order valence-electron chi connectivity index (χ1n) is 5.80. The summed E-state index contributed by atoms with van der Waals surface area (Å²) in [5.74, 6) is 0. The molecule has 3 nitrogen and oxygen atoms in total. The highest BCUT2D eigenvalue weighted by molar-refractivity contribution is 9.11. The van der Waals surface area contributed by atoms with Crippen molar-refractivity contribution in [3.63, 3.8) is 0 Å². The minimum absolute atomic E-state index is 0.0879. The highest BCUT2D eigenvalue weighted by Crippen LogP contribution is 2.34. The van der Waals surface area contributed by atoms with Crippen molar-refractivity contribution in [1.29, 1.82) is 0 Å². The van der Waals surface area contributed by atoms with E-state index in [0.29, 0.717) is 16.1 Å². The number of rotatable bonds is 3. The molecule has 0 amide bonds. The van der Waals surface area contributed by atoms with E-state index in [4.69, 9.17) is 0 Å². The van der Waals surface area contributed by atoms with Crippen molar-refractivity contribution in [2.75, 3.05) is 11.9 Å². The zero-order valence-corrected chi connectivity index (χ0v) is 14.8. The van der Waals surface area contributed by atoms with Crippen LogP contribution in [0.2, 0.25) is 0 Å². The molecule has 0 bridgehead atoms. The van der Waals surface area contributed by atoms with Crippen LogP contribution in [0.3, 0.4) is 0 Å². The molecule has 2 rings (SSSR count). The molecule has 1 saturated heterocycles. The smallest absolute Gasteiger partial charge is 0.206 e. The molecule has 1 fully saturated rings. The summed E-state index contributed by atoms with van der Waals surface area (Å²) in [5.41, 5.74) is 0.978. The second-order valence-electron chi connectivity index (χ2n) is 4.44. The third-order valence-electron chi connectivity index (χ3n) is 3.15. The van der Waals surface area contributed by atoms with Crippen LogP contribution in [0, 0.1) is 6.92 Å². The Morgan fingerprint density at radius 3 is 2.78 bits per heavy atom. The van der Waals surface area contributed by atoms with Crippen LogP contribution in [0.15, 0.2) is 14.1 Å². The Morgan fingerprint density at radius 1 is 1.50 bits per heavy atom.